The van der Waals surface area contributed by atoms with Gasteiger partial charge in [0.15, 0.2) is 0 Å². The van der Waals surface area contributed by atoms with Crippen LogP contribution in [0.25, 0.3) is 10.9 Å². The maximum Gasteiger partial charge on any atom is 0.278 e. The molecule has 0 N–H and O–H groups in total. The van der Waals surface area contributed by atoms with Crippen molar-refractivity contribution < 1.29 is 4.79 Å². The topological polar surface area (TPSA) is 68.1 Å². The maximum absolute atomic E-state index is 13.4. The Labute approximate surface area is 176 Å². The van der Waals surface area contributed by atoms with Crippen LogP contribution < -0.4 is 5.56 Å². The Kier molecular flexibility index (Phi) is 5.93. The number of carbonyl (C=O) groups is 1. The first-order valence-electron chi connectivity index (χ1n) is 10.7. The third-order valence-electron chi connectivity index (χ3n) is 6.03. The number of amides is 1. The zero-order chi connectivity index (χ0) is 21.1. The second kappa shape index (κ2) is 8.78. The molecule has 6 nitrogen and oxygen atoms in total. The van der Waals surface area contributed by atoms with Crippen LogP contribution in [-0.4, -0.2) is 38.9 Å². The van der Waals surface area contributed by atoms with Crippen LogP contribution in [-0.2, 0) is 11.2 Å². The number of benzene rings is 2. The minimum Gasteiger partial charge on any atom is -0.341 e. The van der Waals surface area contributed by atoms with E-state index in [2.05, 4.69) is 34.6 Å². The Morgan fingerprint density at radius 1 is 1.03 bits per heavy atom. The van der Waals surface area contributed by atoms with E-state index in [4.69, 9.17) is 0 Å². The van der Waals surface area contributed by atoms with E-state index in [1.54, 1.807) is 18.2 Å². The number of nitrogens with zero attached hydrogens (tertiary/aromatic N) is 4. The molecule has 6 heteroatoms. The molecule has 156 valence electrons. The van der Waals surface area contributed by atoms with Gasteiger partial charge >= 0.3 is 0 Å². The Bertz CT molecular complexity index is 1070. The maximum atomic E-state index is 13.4. The van der Waals surface area contributed by atoms with Crippen molar-refractivity contribution in [2.75, 3.05) is 13.1 Å². The molecule has 1 saturated heterocycles. The second-order valence-electron chi connectivity index (χ2n) is 8.50. The second-order valence-corrected chi connectivity index (χ2v) is 8.50. The van der Waals surface area contributed by atoms with Gasteiger partial charge in [-0.2, -0.15) is 4.68 Å². The summed E-state index contributed by atoms with van der Waals surface area (Å²) < 4.78 is 1.28. The van der Waals surface area contributed by atoms with E-state index in [1.165, 1.54) is 10.2 Å². The fourth-order valence-corrected chi connectivity index (χ4v) is 4.35. The molecule has 1 aromatic heterocycles. The number of aromatic nitrogens is 3. The SMILES string of the molecule is CC(C)[C@H](C(=O)N1CCC(Cc2ccccc2)CC1)n1nnc2ccccc2c1=O. The van der Waals surface area contributed by atoms with E-state index >= 15 is 0 Å². The predicted octanol–water partition coefficient (Wildman–Crippen LogP) is 3.47. The molecule has 1 aliphatic rings. The number of carbonyl (C=O) groups excluding carboxylic acids is 1. The first-order valence-corrected chi connectivity index (χ1v) is 10.7. The van der Waals surface area contributed by atoms with E-state index in [9.17, 15) is 9.59 Å². The van der Waals surface area contributed by atoms with E-state index in [0.717, 1.165) is 32.4 Å². The number of fused-ring (bicyclic) bond motifs is 1. The van der Waals surface area contributed by atoms with Crippen LogP contribution in [0.2, 0.25) is 0 Å². The molecule has 1 atom stereocenters. The van der Waals surface area contributed by atoms with E-state index in [0.29, 0.717) is 16.8 Å². The monoisotopic (exact) mass is 404 g/mol. The van der Waals surface area contributed by atoms with Gasteiger partial charge in [0.2, 0.25) is 5.91 Å². The number of piperidine rings is 1. The zero-order valence-corrected chi connectivity index (χ0v) is 17.6. The van der Waals surface area contributed by atoms with Crippen molar-refractivity contribution in [1.29, 1.82) is 0 Å². The standard InChI is InChI=1S/C24H28N4O2/c1-17(2)22(28-23(29)20-10-6-7-11-21(20)25-26-28)24(30)27-14-12-19(13-15-27)16-18-8-4-3-5-9-18/h3-11,17,19,22H,12-16H2,1-2H3/t22-/m1/s1. The molecule has 1 amide bonds. The van der Waals surface area contributed by atoms with Gasteiger partial charge in [-0.1, -0.05) is 61.5 Å². The van der Waals surface area contributed by atoms with Crippen molar-refractivity contribution in [1.82, 2.24) is 19.9 Å². The summed E-state index contributed by atoms with van der Waals surface area (Å²) in [6.07, 6.45) is 3.00. The first-order chi connectivity index (χ1) is 14.5. The van der Waals surface area contributed by atoms with Crippen LogP contribution in [0.15, 0.2) is 59.4 Å². The summed E-state index contributed by atoms with van der Waals surface area (Å²) in [5.41, 5.74) is 1.64. The lowest BCUT2D eigenvalue weighted by Crippen LogP contribution is -2.46. The van der Waals surface area contributed by atoms with Gasteiger partial charge in [-0.15, -0.1) is 5.10 Å². The van der Waals surface area contributed by atoms with Crippen LogP contribution >= 0.6 is 0 Å². The third-order valence-corrected chi connectivity index (χ3v) is 6.03. The average Bonchev–Trinajstić information content (AvgIpc) is 2.76. The van der Waals surface area contributed by atoms with Crippen LogP contribution in [0, 0.1) is 11.8 Å². The summed E-state index contributed by atoms with van der Waals surface area (Å²) in [5, 5.41) is 8.79. The van der Waals surface area contributed by atoms with Crippen molar-refractivity contribution in [3.05, 3.63) is 70.5 Å². The number of hydrogen-bond donors (Lipinski definition) is 0. The van der Waals surface area contributed by atoms with Gasteiger partial charge in [0.05, 0.1) is 5.39 Å². The fraction of sp³-hybridized carbons (Fsp3) is 0.417. The summed E-state index contributed by atoms with van der Waals surface area (Å²) in [7, 11) is 0. The van der Waals surface area contributed by atoms with Gasteiger partial charge in [-0.3, -0.25) is 9.59 Å². The van der Waals surface area contributed by atoms with Crippen molar-refractivity contribution >= 4 is 16.8 Å². The van der Waals surface area contributed by atoms with Crippen LogP contribution in [0.5, 0.6) is 0 Å². The number of likely N-dealkylation sites (tertiary alicyclic amines) is 1. The van der Waals surface area contributed by atoms with E-state index in [-0.39, 0.29) is 17.4 Å². The Balaban J connectivity index is 1.50. The summed E-state index contributed by atoms with van der Waals surface area (Å²) in [6, 6.07) is 17.0. The summed E-state index contributed by atoms with van der Waals surface area (Å²) in [6.45, 7) is 5.34. The zero-order valence-electron chi connectivity index (χ0n) is 17.6. The average molecular weight is 405 g/mol. The molecule has 2 heterocycles. The van der Waals surface area contributed by atoms with Crippen molar-refractivity contribution in [2.45, 2.75) is 39.2 Å². The molecule has 0 radical (unpaired) electrons. The Morgan fingerprint density at radius 3 is 2.40 bits per heavy atom. The highest BCUT2D eigenvalue weighted by molar-refractivity contribution is 5.81. The first kappa shape index (κ1) is 20.3. The summed E-state index contributed by atoms with van der Waals surface area (Å²) >= 11 is 0. The number of rotatable bonds is 5. The predicted molar refractivity (Wildman–Crippen MR) is 117 cm³/mol. The molecule has 3 aromatic rings. The molecule has 1 fully saturated rings. The van der Waals surface area contributed by atoms with E-state index in [1.807, 2.05) is 30.9 Å². The molecular weight excluding hydrogens is 376 g/mol. The minimum atomic E-state index is -0.639. The molecule has 2 aromatic carbocycles. The minimum absolute atomic E-state index is 0.0326. The summed E-state index contributed by atoms with van der Waals surface area (Å²) in [5.74, 6) is 0.486. The fourth-order valence-electron chi connectivity index (χ4n) is 4.35. The van der Waals surface area contributed by atoms with Crippen molar-refractivity contribution in [3.63, 3.8) is 0 Å². The van der Waals surface area contributed by atoms with Crippen molar-refractivity contribution in [3.8, 4) is 0 Å². The van der Waals surface area contributed by atoms with Gasteiger partial charge in [0.25, 0.3) is 5.56 Å². The van der Waals surface area contributed by atoms with Gasteiger partial charge in [0.1, 0.15) is 11.6 Å². The van der Waals surface area contributed by atoms with Crippen LogP contribution in [0.4, 0.5) is 0 Å². The van der Waals surface area contributed by atoms with Gasteiger partial charge < -0.3 is 4.90 Å². The van der Waals surface area contributed by atoms with Gasteiger partial charge in [-0.25, -0.2) is 0 Å². The van der Waals surface area contributed by atoms with E-state index < -0.39 is 6.04 Å². The normalized spacial score (nSPS) is 16.2. The van der Waals surface area contributed by atoms with Gasteiger partial charge in [-0.05, 0) is 48.8 Å². The van der Waals surface area contributed by atoms with Crippen LogP contribution in [0.3, 0.4) is 0 Å². The summed E-state index contributed by atoms with van der Waals surface area (Å²) in [4.78, 5) is 28.3. The number of hydrogen-bond acceptors (Lipinski definition) is 4. The highest BCUT2D eigenvalue weighted by atomic mass is 16.2. The molecule has 0 unspecified atom stereocenters. The van der Waals surface area contributed by atoms with Crippen LogP contribution in [0.1, 0.15) is 38.3 Å². The third kappa shape index (κ3) is 4.13. The van der Waals surface area contributed by atoms with Crippen molar-refractivity contribution in [2.24, 2.45) is 11.8 Å². The highest BCUT2D eigenvalue weighted by Crippen LogP contribution is 2.25. The lowest BCUT2D eigenvalue weighted by molar-refractivity contribution is -0.138. The molecule has 1 aliphatic heterocycles. The molecule has 4 rings (SSSR count). The Morgan fingerprint density at radius 2 is 1.70 bits per heavy atom. The molecule has 0 bridgehead atoms. The smallest absolute Gasteiger partial charge is 0.278 e. The Hall–Kier alpha value is -3.02. The largest absolute Gasteiger partial charge is 0.341 e. The lowest BCUT2D eigenvalue weighted by Gasteiger charge is -2.35. The quantitative estimate of drug-likeness (QED) is 0.653. The molecule has 0 spiro atoms. The highest BCUT2D eigenvalue weighted by Gasteiger charge is 2.33. The lowest BCUT2D eigenvalue weighted by atomic mass is 9.89. The molecule has 0 saturated carbocycles. The molecule has 0 aliphatic carbocycles. The molecular formula is C24H28N4O2. The van der Waals surface area contributed by atoms with Gasteiger partial charge in [0, 0.05) is 13.1 Å². The molecule has 30 heavy (non-hydrogen) atoms.